The molecule has 24 heavy (non-hydrogen) atoms. The third-order valence-corrected chi connectivity index (χ3v) is 4.69. The highest BCUT2D eigenvalue weighted by Gasteiger charge is 2.22. The van der Waals surface area contributed by atoms with E-state index in [-0.39, 0.29) is 6.17 Å². The van der Waals surface area contributed by atoms with E-state index >= 15 is 0 Å². The molecule has 0 amide bonds. The Labute approximate surface area is 149 Å². The summed E-state index contributed by atoms with van der Waals surface area (Å²) >= 11 is 0. The van der Waals surface area contributed by atoms with Gasteiger partial charge in [-0.05, 0) is 25.0 Å². The van der Waals surface area contributed by atoms with Crippen LogP contribution in [-0.4, -0.2) is 22.4 Å². The summed E-state index contributed by atoms with van der Waals surface area (Å²) in [5, 5.41) is 11.8. The maximum Gasteiger partial charge on any atom is 0.126 e. The van der Waals surface area contributed by atoms with Gasteiger partial charge in [0, 0.05) is 12.1 Å². The molecule has 1 aliphatic heterocycles. The Balaban J connectivity index is 0.00000139. The van der Waals surface area contributed by atoms with Gasteiger partial charge in [-0.1, -0.05) is 72.8 Å². The number of hydrogen-bond donors (Lipinski definition) is 2. The predicted octanol–water partition coefficient (Wildman–Crippen LogP) is 5.36. The molecule has 138 valence electrons. The molecule has 0 radical (unpaired) electrons. The second-order valence-corrected chi connectivity index (χ2v) is 6.25. The van der Waals surface area contributed by atoms with E-state index in [0.29, 0.717) is 12.0 Å². The van der Waals surface area contributed by atoms with E-state index in [4.69, 9.17) is 0 Å². The Bertz CT molecular complexity index is 448. The first-order valence-corrected chi connectivity index (χ1v) is 10.0. The molecule has 0 aromatic carbocycles. The van der Waals surface area contributed by atoms with Gasteiger partial charge in [-0.15, -0.1) is 0 Å². The van der Waals surface area contributed by atoms with Gasteiger partial charge < -0.3 is 5.32 Å². The third kappa shape index (κ3) is 5.97. The van der Waals surface area contributed by atoms with Crippen LogP contribution in [0.4, 0.5) is 5.82 Å². The number of hydrogen-bond acceptors (Lipinski definition) is 3. The van der Waals surface area contributed by atoms with Crippen LogP contribution in [0.3, 0.4) is 0 Å². The first-order chi connectivity index (χ1) is 11.8. The first-order valence-electron chi connectivity index (χ1n) is 10.0. The lowest BCUT2D eigenvalue weighted by Crippen LogP contribution is -2.28. The van der Waals surface area contributed by atoms with Gasteiger partial charge in [-0.25, -0.2) is 4.68 Å². The van der Waals surface area contributed by atoms with E-state index in [0.717, 1.165) is 12.4 Å². The van der Waals surface area contributed by atoms with Gasteiger partial charge >= 0.3 is 0 Å². The maximum absolute atomic E-state index is 4.50. The summed E-state index contributed by atoms with van der Waals surface area (Å²) in [7, 11) is 0. The molecule has 2 unspecified atom stereocenters. The van der Waals surface area contributed by atoms with E-state index in [2.05, 4.69) is 59.4 Å². The number of nitrogens with one attached hydrogen (secondary N) is 2. The summed E-state index contributed by atoms with van der Waals surface area (Å²) in [5.41, 5.74) is 0. The Hall–Kier alpha value is -1.29. The van der Waals surface area contributed by atoms with Crippen molar-refractivity contribution in [3.8, 4) is 0 Å². The van der Waals surface area contributed by atoms with Gasteiger partial charge in [0.15, 0.2) is 0 Å². The largest absolute Gasteiger partial charge is 0.364 e. The van der Waals surface area contributed by atoms with E-state index in [1.165, 1.54) is 38.5 Å². The van der Waals surface area contributed by atoms with Crippen LogP contribution >= 0.6 is 0 Å². The van der Waals surface area contributed by atoms with Crippen LogP contribution in [0, 0.1) is 5.92 Å². The molecule has 4 heteroatoms. The standard InChI is InChI=1S/C18H32N4.C2H6/c1-4-7-8-9-13-19-17-11-10-16(15(5-2)6-3)21-18-12-14-20-22(17)18;1-2/h10-12,14-17,19,21H,4-9,13H2,1-3H3;1-2H3. The molecule has 1 aliphatic rings. The second-order valence-electron chi connectivity index (χ2n) is 6.25. The smallest absolute Gasteiger partial charge is 0.126 e. The predicted molar refractivity (Wildman–Crippen MR) is 105 cm³/mol. The average molecular weight is 335 g/mol. The average Bonchev–Trinajstić information content (AvgIpc) is 3.01. The van der Waals surface area contributed by atoms with E-state index in [9.17, 15) is 0 Å². The monoisotopic (exact) mass is 334 g/mol. The van der Waals surface area contributed by atoms with Crippen LogP contribution in [0.25, 0.3) is 0 Å². The summed E-state index contributed by atoms with van der Waals surface area (Å²) in [6.07, 6.45) is 14.2. The van der Waals surface area contributed by atoms with E-state index < -0.39 is 0 Å². The summed E-state index contributed by atoms with van der Waals surface area (Å²) < 4.78 is 2.07. The molecule has 2 heterocycles. The molecule has 0 fully saturated rings. The Morgan fingerprint density at radius 2 is 1.88 bits per heavy atom. The van der Waals surface area contributed by atoms with Crippen molar-refractivity contribution in [3.63, 3.8) is 0 Å². The van der Waals surface area contributed by atoms with Crippen LogP contribution in [0.2, 0.25) is 0 Å². The molecular weight excluding hydrogens is 296 g/mol. The number of aromatic nitrogens is 2. The zero-order chi connectivity index (χ0) is 17.8. The van der Waals surface area contributed by atoms with Crippen molar-refractivity contribution in [2.75, 3.05) is 11.9 Å². The zero-order valence-corrected chi connectivity index (χ0v) is 16.4. The van der Waals surface area contributed by atoms with Gasteiger partial charge in [0.25, 0.3) is 0 Å². The van der Waals surface area contributed by atoms with Crippen LogP contribution in [0.1, 0.15) is 79.3 Å². The SMILES string of the molecule is CC.CCCCCCNC1C=CC(C(CC)CC)Nc2ccnn21. The summed E-state index contributed by atoms with van der Waals surface area (Å²) in [6, 6.07) is 2.48. The molecule has 1 aromatic rings. The molecule has 2 atom stereocenters. The highest BCUT2D eigenvalue weighted by molar-refractivity contribution is 5.39. The zero-order valence-electron chi connectivity index (χ0n) is 16.4. The van der Waals surface area contributed by atoms with Crippen molar-refractivity contribution in [3.05, 3.63) is 24.4 Å². The first kappa shape index (κ1) is 20.8. The topological polar surface area (TPSA) is 41.9 Å². The van der Waals surface area contributed by atoms with Crippen molar-refractivity contribution < 1.29 is 0 Å². The molecule has 2 N–H and O–H groups in total. The van der Waals surface area contributed by atoms with E-state index in [1.54, 1.807) is 0 Å². The summed E-state index contributed by atoms with van der Waals surface area (Å²) in [5.74, 6) is 1.79. The van der Waals surface area contributed by atoms with Gasteiger partial charge in [-0.2, -0.15) is 5.10 Å². The maximum atomic E-state index is 4.50. The minimum absolute atomic E-state index is 0.165. The quantitative estimate of drug-likeness (QED) is 0.471. The fraction of sp³-hybridized carbons (Fsp3) is 0.750. The van der Waals surface area contributed by atoms with Crippen molar-refractivity contribution >= 4 is 5.82 Å². The van der Waals surface area contributed by atoms with Crippen molar-refractivity contribution in [2.24, 2.45) is 5.92 Å². The fourth-order valence-corrected chi connectivity index (χ4v) is 3.20. The highest BCUT2D eigenvalue weighted by Crippen LogP contribution is 2.24. The number of fused-ring (bicyclic) bond motifs is 1. The highest BCUT2D eigenvalue weighted by atomic mass is 15.4. The molecule has 2 rings (SSSR count). The molecule has 0 saturated carbocycles. The molecule has 1 aromatic heterocycles. The minimum atomic E-state index is 0.165. The Morgan fingerprint density at radius 3 is 2.54 bits per heavy atom. The molecular formula is C20H38N4. The minimum Gasteiger partial charge on any atom is -0.364 e. The normalized spacial score (nSPS) is 19.2. The van der Waals surface area contributed by atoms with E-state index in [1.807, 2.05) is 20.0 Å². The number of nitrogens with zero attached hydrogens (tertiary/aromatic N) is 2. The Kier molecular flexibility index (Phi) is 10.5. The lowest BCUT2D eigenvalue weighted by atomic mass is 9.94. The number of unbranched alkanes of at least 4 members (excludes halogenated alkanes) is 3. The third-order valence-electron chi connectivity index (χ3n) is 4.69. The number of rotatable bonds is 9. The molecule has 0 aliphatic carbocycles. The lowest BCUT2D eigenvalue weighted by molar-refractivity contribution is 0.438. The fourth-order valence-electron chi connectivity index (χ4n) is 3.20. The van der Waals surface area contributed by atoms with Gasteiger partial charge in [0.1, 0.15) is 12.0 Å². The lowest BCUT2D eigenvalue weighted by Gasteiger charge is -2.23. The van der Waals surface area contributed by atoms with Crippen LogP contribution in [0.15, 0.2) is 24.4 Å². The van der Waals surface area contributed by atoms with Gasteiger partial charge in [0.05, 0.1) is 6.20 Å². The van der Waals surface area contributed by atoms with Crippen molar-refractivity contribution in [1.29, 1.82) is 0 Å². The van der Waals surface area contributed by atoms with Gasteiger partial charge in [0.2, 0.25) is 0 Å². The molecule has 0 saturated heterocycles. The molecule has 4 nitrogen and oxygen atoms in total. The van der Waals surface area contributed by atoms with Gasteiger partial charge in [-0.3, -0.25) is 5.32 Å². The Morgan fingerprint density at radius 1 is 1.12 bits per heavy atom. The second kappa shape index (κ2) is 12.1. The van der Waals surface area contributed by atoms with Crippen molar-refractivity contribution in [2.45, 2.75) is 85.4 Å². The summed E-state index contributed by atoms with van der Waals surface area (Å²) in [4.78, 5) is 0. The van der Waals surface area contributed by atoms with Crippen LogP contribution in [0.5, 0.6) is 0 Å². The van der Waals surface area contributed by atoms with Crippen molar-refractivity contribution in [1.82, 2.24) is 15.1 Å². The molecule has 0 spiro atoms. The van der Waals surface area contributed by atoms with Crippen LogP contribution < -0.4 is 10.6 Å². The number of anilines is 1. The molecule has 0 bridgehead atoms. The summed E-state index contributed by atoms with van der Waals surface area (Å²) in [6.45, 7) is 11.8. The van der Waals surface area contributed by atoms with Crippen LogP contribution in [-0.2, 0) is 0 Å².